The fourth-order valence-corrected chi connectivity index (χ4v) is 1.34. The zero-order valence-electron chi connectivity index (χ0n) is 9.69. The van der Waals surface area contributed by atoms with Gasteiger partial charge in [-0.05, 0) is 18.9 Å². The fraction of sp³-hybridized carbons (Fsp3) is 0.308. The van der Waals surface area contributed by atoms with E-state index in [1.165, 1.54) is 18.7 Å². The van der Waals surface area contributed by atoms with Crippen LogP contribution in [0, 0.1) is 0 Å². The molecule has 0 fully saturated rings. The van der Waals surface area contributed by atoms with Gasteiger partial charge in [0.15, 0.2) is 0 Å². The van der Waals surface area contributed by atoms with E-state index in [0.29, 0.717) is 0 Å². The van der Waals surface area contributed by atoms with Crippen LogP contribution >= 0.6 is 0 Å². The van der Waals surface area contributed by atoms with Crippen LogP contribution in [0.25, 0.3) is 0 Å². The van der Waals surface area contributed by atoms with E-state index in [1.54, 1.807) is 0 Å². The summed E-state index contributed by atoms with van der Waals surface area (Å²) in [6, 6.07) is 10.2. The lowest BCUT2D eigenvalue weighted by atomic mass is 10.1. The molecule has 0 saturated carbocycles. The number of rotatable bonds is 5. The second kappa shape index (κ2) is 6.67. The third-order valence-electron chi connectivity index (χ3n) is 2.20. The van der Waals surface area contributed by atoms with Gasteiger partial charge in [0.25, 0.3) is 0 Å². The Bertz CT molecular complexity index is 357. The van der Waals surface area contributed by atoms with E-state index in [-0.39, 0.29) is 5.97 Å². The lowest BCUT2D eigenvalue weighted by molar-refractivity contribution is -0.134. The maximum absolute atomic E-state index is 10.9. The van der Waals surface area contributed by atoms with Crippen LogP contribution in [0.5, 0.6) is 0 Å². The number of carbonyl (C=O) groups is 1. The molecule has 0 aromatic heterocycles. The quantitative estimate of drug-likeness (QED) is 0.607. The number of benzene rings is 1. The van der Waals surface area contributed by atoms with Gasteiger partial charge in [-0.1, -0.05) is 30.3 Å². The number of nitrogens with one attached hydrogen (secondary N) is 1. The Kier molecular flexibility index (Phi) is 5.12. The van der Waals surface area contributed by atoms with Crippen molar-refractivity contribution in [2.45, 2.75) is 13.3 Å². The van der Waals surface area contributed by atoms with Crippen molar-refractivity contribution in [3.8, 4) is 0 Å². The summed E-state index contributed by atoms with van der Waals surface area (Å²) >= 11 is 0. The minimum Gasteiger partial charge on any atom is -0.466 e. The van der Waals surface area contributed by atoms with Gasteiger partial charge in [0.2, 0.25) is 0 Å². The zero-order valence-corrected chi connectivity index (χ0v) is 9.69. The van der Waals surface area contributed by atoms with Gasteiger partial charge in [0, 0.05) is 18.3 Å². The molecule has 1 aromatic carbocycles. The molecule has 0 radical (unpaired) electrons. The van der Waals surface area contributed by atoms with Gasteiger partial charge in [-0.15, -0.1) is 0 Å². The number of hydrogen-bond acceptors (Lipinski definition) is 3. The molecule has 16 heavy (non-hydrogen) atoms. The summed E-state index contributed by atoms with van der Waals surface area (Å²) in [7, 11) is 1.37. The van der Waals surface area contributed by atoms with Crippen LogP contribution in [0.2, 0.25) is 0 Å². The van der Waals surface area contributed by atoms with Crippen molar-refractivity contribution in [2.75, 3.05) is 13.7 Å². The SMILES string of the molecule is COC(=O)C=C(C)NCCc1ccccc1. The Morgan fingerprint density at radius 1 is 1.38 bits per heavy atom. The first-order chi connectivity index (χ1) is 7.72. The average Bonchev–Trinajstić information content (AvgIpc) is 2.30. The minimum absolute atomic E-state index is 0.329. The second-order valence-electron chi connectivity index (χ2n) is 3.51. The Hall–Kier alpha value is -1.77. The maximum Gasteiger partial charge on any atom is 0.332 e. The predicted octanol–water partition coefficient (Wildman–Crippen LogP) is 1.90. The number of carbonyl (C=O) groups excluding carboxylic acids is 1. The molecule has 0 saturated heterocycles. The highest BCUT2D eigenvalue weighted by molar-refractivity contribution is 5.82. The van der Waals surface area contributed by atoms with Gasteiger partial charge >= 0.3 is 5.97 Å². The Morgan fingerprint density at radius 2 is 2.06 bits per heavy atom. The first-order valence-electron chi connectivity index (χ1n) is 5.26. The number of methoxy groups -OCH3 is 1. The standard InChI is InChI=1S/C13H17NO2/c1-11(10-13(15)16-2)14-9-8-12-6-4-3-5-7-12/h3-7,10,14H,8-9H2,1-2H3. The number of hydrogen-bond donors (Lipinski definition) is 1. The molecule has 0 bridgehead atoms. The minimum atomic E-state index is -0.329. The lowest BCUT2D eigenvalue weighted by Gasteiger charge is -2.06. The summed E-state index contributed by atoms with van der Waals surface area (Å²) in [5, 5.41) is 3.16. The number of allylic oxidation sites excluding steroid dienone is 1. The molecule has 86 valence electrons. The molecule has 0 unspecified atom stereocenters. The molecule has 0 aliphatic heterocycles. The summed E-state index contributed by atoms with van der Waals surface area (Å²) < 4.78 is 4.53. The summed E-state index contributed by atoms with van der Waals surface area (Å²) in [6.07, 6.45) is 2.39. The highest BCUT2D eigenvalue weighted by Gasteiger charge is 1.96. The maximum atomic E-state index is 10.9. The highest BCUT2D eigenvalue weighted by atomic mass is 16.5. The normalized spacial score (nSPS) is 11.0. The lowest BCUT2D eigenvalue weighted by Crippen LogP contribution is -2.16. The van der Waals surface area contributed by atoms with E-state index in [1.807, 2.05) is 25.1 Å². The van der Waals surface area contributed by atoms with Crippen molar-refractivity contribution < 1.29 is 9.53 Å². The molecule has 0 aliphatic carbocycles. The van der Waals surface area contributed by atoms with E-state index in [4.69, 9.17) is 0 Å². The van der Waals surface area contributed by atoms with Gasteiger partial charge in [-0.25, -0.2) is 4.79 Å². The van der Waals surface area contributed by atoms with Gasteiger partial charge in [-0.2, -0.15) is 0 Å². The van der Waals surface area contributed by atoms with Crippen LogP contribution in [-0.4, -0.2) is 19.6 Å². The molecule has 1 aromatic rings. The van der Waals surface area contributed by atoms with Crippen molar-refractivity contribution in [3.05, 3.63) is 47.7 Å². The van der Waals surface area contributed by atoms with E-state index in [2.05, 4.69) is 22.2 Å². The summed E-state index contributed by atoms with van der Waals surface area (Å²) in [6.45, 7) is 2.66. The van der Waals surface area contributed by atoms with Gasteiger partial charge < -0.3 is 10.1 Å². The van der Waals surface area contributed by atoms with Crippen molar-refractivity contribution in [1.29, 1.82) is 0 Å². The van der Waals surface area contributed by atoms with Crippen LogP contribution in [0.1, 0.15) is 12.5 Å². The molecule has 0 atom stereocenters. The van der Waals surface area contributed by atoms with Crippen LogP contribution < -0.4 is 5.32 Å². The molecule has 0 amide bonds. The largest absolute Gasteiger partial charge is 0.466 e. The van der Waals surface area contributed by atoms with Crippen LogP contribution in [0.15, 0.2) is 42.1 Å². The Morgan fingerprint density at radius 3 is 2.69 bits per heavy atom. The van der Waals surface area contributed by atoms with Crippen LogP contribution in [0.4, 0.5) is 0 Å². The first kappa shape index (κ1) is 12.3. The molecule has 0 heterocycles. The summed E-state index contributed by atoms with van der Waals surface area (Å²) in [5.41, 5.74) is 2.10. The van der Waals surface area contributed by atoms with Crippen molar-refractivity contribution in [3.63, 3.8) is 0 Å². The smallest absolute Gasteiger partial charge is 0.332 e. The van der Waals surface area contributed by atoms with Crippen molar-refractivity contribution in [1.82, 2.24) is 5.32 Å². The zero-order chi connectivity index (χ0) is 11.8. The fourth-order valence-electron chi connectivity index (χ4n) is 1.34. The molecular formula is C13H17NO2. The monoisotopic (exact) mass is 219 g/mol. The van der Waals surface area contributed by atoms with Crippen molar-refractivity contribution in [2.24, 2.45) is 0 Å². The first-order valence-corrected chi connectivity index (χ1v) is 5.26. The van der Waals surface area contributed by atoms with E-state index < -0.39 is 0 Å². The van der Waals surface area contributed by atoms with Crippen molar-refractivity contribution >= 4 is 5.97 Å². The molecule has 3 heteroatoms. The molecule has 0 aliphatic rings. The Balaban J connectivity index is 2.31. The van der Waals surface area contributed by atoms with Crippen LogP contribution in [0.3, 0.4) is 0 Å². The molecule has 1 rings (SSSR count). The third kappa shape index (κ3) is 4.64. The topological polar surface area (TPSA) is 38.3 Å². The molecule has 3 nitrogen and oxygen atoms in total. The number of ether oxygens (including phenoxy) is 1. The number of esters is 1. The van der Waals surface area contributed by atoms with E-state index in [0.717, 1.165) is 18.7 Å². The van der Waals surface area contributed by atoms with Gasteiger partial charge in [-0.3, -0.25) is 0 Å². The van der Waals surface area contributed by atoms with Crippen LogP contribution in [-0.2, 0) is 16.0 Å². The van der Waals surface area contributed by atoms with Gasteiger partial charge in [0.05, 0.1) is 7.11 Å². The second-order valence-corrected chi connectivity index (χ2v) is 3.51. The van der Waals surface area contributed by atoms with E-state index in [9.17, 15) is 4.79 Å². The van der Waals surface area contributed by atoms with Gasteiger partial charge in [0.1, 0.15) is 0 Å². The molecule has 0 spiro atoms. The Labute approximate surface area is 96.1 Å². The third-order valence-corrected chi connectivity index (χ3v) is 2.20. The predicted molar refractivity (Wildman–Crippen MR) is 63.9 cm³/mol. The molecule has 1 N–H and O–H groups in total. The summed E-state index contributed by atoms with van der Waals surface area (Å²) in [4.78, 5) is 10.9. The molecular weight excluding hydrogens is 202 g/mol. The highest BCUT2D eigenvalue weighted by Crippen LogP contribution is 1.99. The van der Waals surface area contributed by atoms with E-state index >= 15 is 0 Å². The average molecular weight is 219 g/mol. The summed E-state index contributed by atoms with van der Waals surface area (Å²) in [5.74, 6) is -0.329.